The second-order valence-corrected chi connectivity index (χ2v) is 2.49. The number of para-hydroxylation sites is 1. The van der Waals surface area contributed by atoms with Crippen molar-refractivity contribution < 1.29 is 14.3 Å². The minimum absolute atomic E-state index is 0.319. The van der Waals surface area contributed by atoms with Crippen LogP contribution in [-0.2, 0) is 9.59 Å². The molecule has 1 aromatic rings. The summed E-state index contributed by atoms with van der Waals surface area (Å²) in [5.74, 6) is -0.523. The summed E-state index contributed by atoms with van der Waals surface area (Å²) in [5, 5.41) is 0. The minimum atomic E-state index is -0.640. The molecule has 0 atom stereocenters. The lowest BCUT2D eigenvalue weighted by molar-refractivity contribution is -0.132. The number of carbonyl (C=O) groups is 2. The Kier molecular flexibility index (Phi) is 3.20. The first-order valence-corrected chi connectivity index (χ1v) is 3.80. The Morgan fingerprint density at radius 1 is 1.23 bits per heavy atom. The normalized spacial score (nSPS) is 9.31. The number of hydrogen-bond acceptors (Lipinski definition) is 3. The molecule has 67 valence electrons. The van der Waals surface area contributed by atoms with E-state index >= 15 is 0 Å². The number of ether oxygens (including phenoxy) is 1. The lowest BCUT2D eigenvalue weighted by atomic mass is 10.3. The molecule has 0 aliphatic rings. The van der Waals surface area contributed by atoms with E-state index in [9.17, 15) is 9.59 Å². The maximum Gasteiger partial charge on any atom is 0.323 e. The predicted molar refractivity (Wildman–Crippen MR) is 47.1 cm³/mol. The van der Waals surface area contributed by atoms with Gasteiger partial charge in [0.05, 0.1) is 0 Å². The second-order valence-electron chi connectivity index (χ2n) is 2.49. The maximum absolute atomic E-state index is 10.9. The minimum Gasteiger partial charge on any atom is -0.426 e. The molecule has 0 saturated heterocycles. The molecule has 0 aliphatic heterocycles. The highest BCUT2D eigenvalue weighted by atomic mass is 16.5. The van der Waals surface area contributed by atoms with Crippen LogP contribution >= 0.6 is 0 Å². The van der Waals surface area contributed by atoms with Gasteiger partial charge in [-0.15, -0.1) is 0 Å². The highest BCUT2D eigenvalue weighted by Crippen LogP contribution is 2.08. The van der Waals surface area contributed by atoms with Crippen molar-refractivity contribution in [2.45, 2.75) is 6.92 Å². The summed E-state index contributed by atoms with van der Waals surface area (Å²) in [5.41, 5.74) is 0. The Morgan fingerprint density at radius 2 is 1.85 bits per heavy atom. The molecule has 0 bridgehead atoms. The Balaban J connectivity index is 2.50. The molecule has 0 aromatic heterocycles. The lowest BCUT2D eigenvalue weighted by Gasteiger charge is -2.00. The van der Waals surface area contributed by atoms with Gasteiger partial charge in [-0.25, -0.2) is 0 Å². The monoisotopic (exact) mass is 177 g/mol. The average molecular weight is 177 g/mol. The number of benzene rings is 1. The Labute approximate surface area is 76.3 Å². The molecule has 13 heavy (non-hydrogen) atoms. The van der Waals surface area contributed by atoms with Crippen molar-refractivity contribution in [3.05, 3.63) is 36.8 Å². The van der Waals surface area contributed by atoms with E-state index in [0.29, 0.717) is 5.75 Å². The molecule has 1 rings (SSSR count). The van der Waals surface area contributed by atoms with Gasteiger partial charge in [0.15, 0.2) is 0 Å². The fourth-order valence-corrected chi connectivity index (χ4v) is 0.800. The number of ketones is 1. The quantitative estimate of drug-likeness (QED) is 0.398. The molecule has 0 N–H and O–H groups in total. The lowest BCUT2D eigenvalue weighted by Crippen LogP contribution is -2.12. The predicted octanol–water partition coefficient (Wildman–Crippen LogP) is 1.39. The summed E-state index contributed by atoms with van der Waals surface area (Å²) in [4.78, 5) is 21.4. The largest absolute Gasteiger partial charge is 0.426 e. The van der Waals surface area contributed by atoms with Gasteiger partial charge in [-0.3, -0.25) is 9.59 Å². The third-order valence-electron chi connectivity index (χ3n) is 1.28. The van der Waals surface area contributed by atoms with Crippen LogP contribution in [0.5, 0.6) is 5.75 Å². The van der Waals surface area contributed by atoms with Crippen LogP contribution in [0.1, 0.15) is 6.92 Å². The van der Waals surface area contributed by atoms with Gasteiger partial charge in [0.2, 0.25) is 0 Å². The summed E-state index contributed by atoms with van der Waals surface area (Å²) in [6, 6.07) is 8.59. The van der Waals surface area contributed by atoms with Crippen molar-refractivity contribution in [2.24, 2.45) is 0 Å². The van der Waals surface area contributed by atoms with Crippen molar-refractivity contribution >= 4 is 11.8 Å². The molecule has 1 radical (unpaired) electrons. The molecule has 3 nitrogen and oxygen atoms in total. The summed E-state index contributed by atoms with van der Waals surface area (Å²) in [6.45, 7) is 1.30. The number of rotatable bonds is 3. The maximum atomic E-state index is 10.9. The third kappa shape index (κ3) is 3.51. The Bertz CT molecular complexity index is 303. The zero-order valence-corrected chi connectivity index (χ0v) is 7.19. The van der Waals surface area contributed by atoms with Gasteiger partial charge in [-0.05, 0) is 19.1 Å². The molecule has 0 heterocycles. The van der Waals surface area contributed by atoms with Crippen LogP contribution in [0.15, 0.2) is 30.3 Å². The molecule has 0 spiro atoms. The smallest absolute Gasteiger partial charge is 0.323 e. The van der Waals surface area contributed by atoms with Crippen LogP contribution < -0.4 is 4.74 Å². The van der Waals surface area contributed by atoms with Crippen molar-refractivity contribution in [3.8, 4) is 5.75 Å². The third-order valence-corrected chi connectivity index (χ3v) is 1.28. The van der Waals surface area contributed by atoms with Gasteiger partial charge in [-0.2, -0.15) is 0 Å². The van der Waals surface area contributed by atoms with Crippen LogP contribution in [-0.4, -0.2) is 11.8 Å². The number of esters is 1. The zero-order chi connectivity index (χ0) is 9.68. The SMILES string of the molecule is CC(=O)[CH]C(=O)Oc1ccccc1. The first kappa shape index (κ1) is 9.45. The van der Waals surface area contributed by atoms with Crippen LogP contribution in [0.4, 0.5) is 0 Å². The van der Waals surface area contributed by atoms with E-state index in [0.717, 1.165) is 6.42 Å². The number of Topliss-reactive ketones (excluding diaryl/α,β-unsaturated/α-hetero) is 1. The standard InChI is InChI=1S/C10H9O3/c1-8(11)7-10(12)13-9-5-3-2-4-6-9/h2-7H,1H3. The van der Waals surface area contributed by atoms with E-state index in [-0.39, 0.29) is 5.78 Å². The molecular formula is C10H9O3. The van der Waals surface area contributed by atoms with Gasteiger partial charge in [0, 0.05) is 0 Å². The van der Waals surface area contributed by atoms with E-state index in [2.05, 4.69) is 0 Å². The molecule has 1 aromatic carbocycles. The number of hydrogen-bond donors (Lipinski definition) is 0. The van der Waals surface area contributed by atoms with Gasteiger partial charge in [0.1, 0.15) is 18.0 Å². The summed E-state index contributed by atoms with van der Waals surface area (Å²) >= 11 is 0. The van der Waals surface area contributed by atoms with Gasteiger partial charge < -0.3 is 4.74 Å². The molecular weight excluding hydrogens is 168 g/mol. The summed E-state index contributed by atoms with van der Waals surface area (Å²) in [6.07, 6.45) is 0.910. The molecule has 0 amide bonds. The van der Waals surface area contributed by atoms with Gasteiger partial charge in [0.25, 0.3) is 0 Å². The van der Waals surface area contributed by atoms with Crippen molar-refractivity contribution in [1.82, 2.24) is 0 Å². The highest BCUT2D eigenvalue weighted by Gasteiger charge is 2.07. The number of carbonyl (C=O) groups excluding carboxylic acids is 2. The first-order valence-electron chi connectivity index (χ1n) is 3.80. The topological polar surface area (TPSA) is 43.4 Å². The van der Waals surface area contributed by atoms with Gasteiger partial charge >= 0.3 is 5.97 Å². The molecule has 3 heteroatoms. The first-order chi connectivity index (χ1) is 6.18. The Hall–Kier alpha value is -1.64. The molecule has 0 unspecified atom stereocenters. The van der Waals surface area contributed by atoms with Gasteiger partial charge in [-0.1, -0.05) is 18.2 Å². The van der Waals surface area contributed by atoms with Crippen molar-refractivity contribution in [3.63, 3.8) is 0 Å². The van der Waals surface area contributed by atoms with Crippen LogP contribution in [0.3, 0.4) is 0 Å². The average Bonchev–Trinajstić information content (AvgIpc) is 2.04. The molecule has 0 aliphatic carbocycles. The van der Waals surface area contributed by atoms with Crippen molar-refractivity contribution in [1.29, 1.82) is 0 Å². The van der Waals surface area contributed by atoms with E-state index in [4.69, 9.17) is 4.74 Å². The van der Waals surface area contributed by atoms with Crippen LogP contribution in [0, 0.1) is 6.42 Å². The van der Waals surface area contributed by atoms with E-state index in [1.807, 2.05) is 6.07 Å². The second kappa shape index (κ2) is 4.40. The highest BCUT2D eigenvalue weighted by molar-refractivity contribution is 6.06. The summed E-state index contributed by atoms with van der Waals surface area (Å²) in [7, 11) is 0. The summed E-state index contributed by atoms with van der Waals surface area (Å²) < 4.78 is 4.81. The van der Waals surface area contributed by atoms with Crippen LogP contribution in [0.25, 0.3) is 0 Å². The molecule has 0 fully saturated rings. The fourth-order valence-electron chi connectivity index (χ4n) is 0.800. The Morgan fingerprint density at radius 3 is 2.38 bits per heavy atom. The van der Waals surface area contributed by atoms with E-state index in [1.165, 1.54) is 6.92 Å². The van der Waals surface area contributed by atoms with Crippen LogP contribution in [0.2, 0.25) is 0 Å². The van der Waals surface area contributed by atoms with Crippen molar-refractivity contribution in [2.75, 3.05) is 0 Å². The van der Waals surface area contributed by atoms with E-state index < -0.39 is 5.97 Å². The zero-order valence-electron chi connectivity index (χ0n) is 7.19. The fraction of sp³-hybridized carbons (Fsp3) is 0.100. The molecule has 0 saturated carbocycles. The van der Waals surface area contributed by atoms with E-state index in [1.54, 1.807) is 24.3 Å².